The van der Waals surface area contributed by atoms with E-state index in [4.69, 9.17) is 4.74 Å². The molecule has 5 nitrogen and oxygen atoms in total. The molecule has 0 spiro atoms. The fourth-order valence-electron chi connectivity index (χ4n) is 2.85. The van der Waals surface area contributed by atoms with E-state index in [1.165, 1.54) is 0 Å². The Morgan fingerprint density at radius 2 is 2.33 bits per heavy atom. The smallest absolute Gasteiger partial charge is 0.224 e. The number of ether oxygens (including phenoxy) is 1. The maximum atomic E-state index is 12.3. The Balaban J connectivity index is 1.91. The summed E-state index contributed by atoms with van der Waals surface area (Å²) < 4.78 is 5.71. The van der Waals surface area contributed by atoms with Gasteiger partial charge in [0.2, 0.25) is 5.91 Å². The number of aliphatic hydroxyl groups excluding tert-OH is 1. The van der Waals surface area contributed by atoms with E-state index in [0.29, 0.717) is 25.6 Å². The highest BCUT2D eigenvalue weighted by Gasteiger charge is 2.35. The maximum Gasteiger partial charge on any atom is 0.224 e. The second kappa shape index (κ2) is 5.55. The first kappa shape index (κ1) is 13.8. The Hall–Kier alpha value is -0.650. The Bertz CT molecular complexity index is 301. The minimum absolute atomic E-state index is 0.0328. The predicted octanol–water partition coefficient (Wildman–Crippen LogP) is 0.127. The molecule has 0 aromatic rings. The molecule has 104 valence electrons. The van der Waals surface area contributed by atoms with Crippen LogP contribution in [0.5, 0.6) is 0 Å². The van der Waals surface area contributed by atoms with E-state index in [2.05, 4.69) is 5.32 Å². The minimum Gasteiger partial charge on any atom is -0.394 e. The molecular formula is C13H24N2O3. The van der Waals surface area contributed by atoms with Crippen LogP contribution >= 0.6 is 0 Å². The summed E-state index contributed by atoms with van der Waals surface area (Å²) in [4.78, 5) is 14.1. The molecule has 2 saturated heterocycles. The molecule has 0 aromatic carbocycles. The summed E-state index contributed by atoms with van der Waals surface area (Å²) in [5.41, 5.74) is -0.371. The molecular weight excluding hydrogens is 232 g/mol. The molecule has 0 aromatic heterocycles. The molecule has 2 heterocycles. The lowest BCUT2D eigenvalue weighted by Gasteiger charge is -2.42. The maximum absolute atomic E-state index is 12.3. The van der Waals surface area contributed by atoms with Gasteiger partial charge in [0.1, 0.15) is 0 Å². The van der Waals surface area contributed by atoms with E-state index < -0.39 is 0 Å². The third kappa shape index (κ3) is 3.43. The number of hydrogen-bond donors (Lipinski definition) is 2. The number of morpholine rings is 1. The molecule has 0 saturated carbocycles. The number of carbonyl (C=O) groups excluding carboxylic acids is 1. The van der Waals surface area contributed by atoms with Crippen LogP contribution < -0.4 is 5.32 Å². The molecule has 0 bridgehead atoms. The van der Waals surface area contributed by atoms with E-state index in [-0.39, 0.29) is 24.2 Å². The average molecular weight is 256 g/mol. The first-order valence-electron chi connectivity index (χ1n) is 6.80. The first-order chi connectivity index (χ1) is 8.50. The van der Waals surface area contributed by atoms with Gasteiger partial charge in [-0.25, -0.2) is 0 Å². The molecule has 1 amide bonds. The van der Waals surface area contributed by atoms with Gasteiger partial charge in [0.05, 0.1) is 18.3 Å². The molecule has 18 heavy (non-hydrogen) atoms. The first-order valence-corrected chi connectivity index (χ1v) is 6.80. The van der Waals surface area contributed by atoms with Crippen LogP contribution in [0.3, 0.4) is 0 Å². The second-order valence-corrected chi connectivity index (χ2v) is 5.95. The van der Waals surface area contributed by atoms with Crippen molar-refractivity contribution in [2.75, 3.05) is 26.2 Å². The number of amides is 1. The van der Waals surface area contributed by atoms with Crippen LogP contribution in [-0.4, -0.2) is 59.9 Å². The molecule has 0 aliphatic carbocycles. The van der Waals surface area contributed by atoms with Crippen LogP contribution in [-0.2, 0) is 9.53 Å². The van der Waals surface area contributed by atoms with Crippen LogP contribution in [0.1, 0.15) is 33.1 Å². The number of nitrogens with zero attached hydrogens (tertiary/aromatic N) is 1. The quantitative estimate of drug-likeness (QED) is 0.753. The van der Waals surface area contributed by atoms with Crippen molar-refractivity contribution < 1.29 is 14.6 Å². The van der Waals surface area contributed by atoms with Gasteiger partial charge in [0.15, 0.2) is 0 Å². The zero-order chi connectivity index (χ0) is 13.2. The van der Waals surface area contributed by atoms with E-state index in [1.807, 2.05) is 18.7 Å². The standard InChI is InChI=1S/C13H24N2O3/c1-13(2)9-15(7-11(8-16)18-13)12(17)6-10-4-3-5-14-10/h10-11,14,16H,3-9H2,1-2H3. The molecule has 2 unspecified atom stereocenters. The Labute approximate surface area is 108 Å². The van der Waals surface area contributed by atoms with Crippen molar-refractivity contribution in [2.24, 2.45) is 0 Å². The monoisotopic (exact) mass is 256 g/mol. The van der Waals surface area contributed by atoms with Gasteiger partial charge in [-0.05, 0) is 33.2 Å². The van der Waals surface area contributed by atoms with Crippen LogP contribution in [0.2, 0.25) is 0 Å². The molecule has 2 N–H and O–H groups in total. The Morgan fingerprint density at radius 1 is 1.56 bits per heavy atom. The van der Waals surface area contributed by atoms with Crippen LogP contribution in [0, 0.1) is 0 Å². The predicted molar refractivity (Wildman–Crippen MR) is 68.3 cm³/mol. The lowest BCUT2D eigenvalue weighted by atomic mass is 10.0. The van der Waals surface area contributed by atoms with E-state index in [0.717, 1.165) is 19.4 Å². The third-order valence-corrected chi connectivity index (χ3v) is 3.62. The SMILES string of the molecule is CC1(C)CN(C(=O)CC2CCCN2)CC(CO)O1. The van der Waals surface area contributed by atoms with Crippen molar-refractivity contribution in [2.45, 2.75) is 50.9 Å². The minimum atomic E-state index is -0.371. The zero-order valence-corrected chi connectivity index (χ0v) is 11.3. The summed E-state index contributed by atoms with van der Waals surface area (Å²) in [6.45, 7) is 6.02. The zero-order valence-electron chi connectivity index (χ0n) is 11.3. The molecule has 2 rings (SSSR count). The molecule has 2 aliphatic heterocycles. The number of aliphatic hydroxyl groups is 1. The van der Waals surface area contributed by atoms with Crippen molar-refractivity contribution in [1.29, 1.82) is 0 Å². The van der Waals surface area contributed by atoms with Gasteiger partial charge >= 0.3 is 0 Å². The second-order valence-electron chi connectivity index (χ2n) is 5.95. The summed E-state index contributed by atoms with van der Waals surface area (Å²) >= 11 is 0. The third-order valence-electron chi connectivity index (χ3n) is 3.62. The van der Waals surface area contributed by atoms with Crippen LogP contribution in [0.25, 0.3) is 0 Å². The van der Waals surface area contributed by atoms with Gasteiger partial charge in [-0.15, -0.1) is 0 Å². The van der Waals surface area contributed by atoms with Crippen LogP contribution in [0.4, 0.5) is 0 Å². The van der Waals surface area contributed by atoms with Crippen molar-refractivity contribution in [3.63, 3.8) is 0 Å². The molecule has 5 heteroatoms. The summed E-state index contributed by atoms with van der Waals surface area (Å²) in [7, 11) is 0. The summed E-state index contributed by atoms with van der Waals surface area (Å²) in [5, 5.41) is 12.6. The van der Waals surface area contributed by atoms with Gasteiger partial charge in [-0.2, -0.15) is 0 Å². The van der Waals surface area contributed by atoms with Crippen molar-refractivity contribution >= 4 is 5.91 Å². The van der Waals surface area contributed by atoms with Crippen LogP contribution in [0.15, 0.2) is 0 Å². The topological polar surface area (TPSA) is 61.8 Å². The lowest BCUT2D eigenvalue weighted by molar-refractivity contribution is -0.167. The lowest BCUT2D eigenvalue weighted by Crippen LogP contribution is -2.56. The Kier molecular flexibility index (Phi) is 4.25. The van der Waals surface area contributed by atoms with Gasteiger partial charge in [-0.1, -0.05) is 0 Å². The van der Waals surface area contributed by atoms with E-state index in [1.54, 1.807) is 0 Å². The van der Waals surface area contributed by atoms with Crippen molar-refractivity contribution in [3.05, 3.63) is 0 Å². The van der Waals surface area contributed by atoms with E-state index in [9.17, 15) is 9.90 Å². The van der Waals surface area contributed by atoms with Gasteiger partial charge in [0.25, 0.3) is 0 Å². The molecule has 2 atom stereocenters. The van der Waals surface area contributed by atoms with E-state index >= 15 is 0 Å². The highest BCUT2D eigenvalue weighted by molar-refractivity contribution is 5.77. The summed E-state index contributed by atoms with van der Waals surface area (Å²) in [6, 6.07) is 0.330. The highest BCUT2D eigenvalue weighted by atomic mass is 16.5. The number of hydrogen-bond acceptors (Lipinski definition) is 4. The average Bonchev–Trinajstić information content (AvgIpc) is 2.79. The molecule has 2 fully saturated rings. The van der Waals surface area contributed by atoms with Crippen molar-refractivity contribution in [1.82, 2.24) is 10.2 Å². The van der Waals surface area contributed by atoms with Gasteiger partial charge in [-0.3, -0.25) is 4.79 Å². The molecule has 0 radical (unpaired) electrons. The largest absolute Gasteiger partial charge is 0.394 e. The summed E-state index contributed by atoms with van der Waals surface area (Å²) in [5.74, 6) is 0.171. The summed E-state index contributed by atoms with van der Waals surface area (Å²) in [6.07, 6.45) is 2.55. The van der Waals surface area contributed by atoms with Gasteiger partial charge < -0.3 is 20.1 Å². The fraction of sp³-hybridized carbons (Fsp3) is 0.923. The number of nitrogens with one attached hydrogen (secondary N) is 1. The number of rotatable bonds is 3. The van der Waals surface area contributed by atoms with Crippen molar-refractivity contribution in [3.8, 4) is 0 Å². The normalized spacial score (nSPS) is 31.6. The molecule has 2 aliphatic rings. The highest BCUT2D eigenvalue weighted by Crippen LogP contribution is 2.22. The Morgan fingerprint density at radius 3 is 2.94 bits per heavy atom. The number of carbonyl (C=O) groups is 1. The van der Waals surface area contributed by atoms with Gasteiger partial charge in [0, 0.05) is 25.6 Å². The fourth-order valence-corrected chi connectivity index (χ4v) is 2.85.